The van der Waals surface area contributed by atoms with Crippen molar-refractivity contribution in [3.8, 4) is 0 Å². The van der Waals surface area contributed by atoms with Crippen LogP contribution in [-0.2, 0) is 9.53 Å². The number of aliphatic hydroxyl groups is 1. The normalized spacial score (nSPS) is 23.4. The number of benzene rings is 1. The van der Waals surface area contributed by atoms with E-state index in [1.165, 1.54) is 0 Å². The molecule has 0 radical (unpaired) electrons. The summed E-state index contributed by atoms with van der Waals surface area (Å²) in [5.41, 5.74) is 0.571. The smallest absolute Gasteiger partial charge is 0.225 e. The lowest BCUT2D eigenvalue weighted by molar-refractivity contribution is -0.142. The first-order valence-electron chi connectivity index (χ1n) is 7.56. The summed E-state index contributed by atoms with van der Waals surface area (Å²) < 4.78 is 5.49. The largest absolute Gasteiger partial charge is 0.388 e. The predicted octanol–water partition coefficient (Wildman–Crippen LogP) is 3.05. The van der Waals surface area contributed by atoms with Crippen LogP contribution >= 0.6 is 23.2 Å². The molecular weight excluding hydrogens is 325 g/mol. The quantitative estimate of drug-likeness (QED) is 0.913. The molecule has 1 amide bonds. The van der Waals surface area contributed by atoms with Crippen molar-refractivity contribution < 1.29 is 14.6 Å². The van der Waals surface area contributed by atoms with Crippen LogP contribution in [0.15, 0.2) is 18.2 Å². The van der Waals surface area contributed by atoms with Crippen LogP contribution in [0.4, 0.5) is 0 Å². The SMILES string of the molecule is O=C(CC(O)c1cc(Cl)cc(Cl)c1)N1CCOCC1C1CC1. The number of rotatable bonds is 4. The van der Waals surface area contributed by atoms with E-state index in [1.807, 2.05) is 4.90 Å². The molecule has 2 aliphatic rings. The van der Waals surface area contributed by atoms with Gasteiger partial charge >= 0.3 is 0 Å². The van der Waals surface area contributed by atoms with Crippen molar-refractivity contribution in [2.75, 3.05) is 19.8 Å². The summed E-state index contributed by atoms with van der Waals surface area (Å²) in [6.45, 7) is 1.77. The number of nitrogens with zero attached hydrogens (tertiary/aromatic N) is 1. The highest BCUT2D eigenvalue weighted by molar-refractivity contribution is 6.34. The second-order valence-corrected chi connectivity index (χ2v) is 6.86. The Hall–Kier alpha value is -0.810. The van der Waals surface area contributed by atoms with Crippen LogP contribution in [0.25, 0.3) is 0 Å². The Morgan fingerprint density at radius 1 is 1.32 bits per heavy atom. The van der Waals surface area contributed by atoms with Gasteiger partial charge in [0.2, 0.25) is 5.91 Å². The maximum absolute atomic E-state index is 12.5. The van der Waals surface area contributed by atoms with Gasteiger partial charge in [-0.25, -0.2) is 0 Å². The number of halogens is 2. The van der Waals surface area contributed by atoms with Gasteiger partial charge in [-0.1, -0.05) is 23.2 Å². The van der Waals surface area contributed by atoms with Crippen LogP contribution in [-0.4, -0.2) is 41.7 Å². The molecule has 0 spiro atoms. The lowest BCUT2D eigenvalue weighted by Crippen LogP contribution is -2.50. The summed E-state index contributed by atoms with van der Waals surface area (Å²) in [5.74, 6) is 0.519. The molecule has 1 aromatic carbocycles. The zero-order valence-electron chi connectivity index (χ0n) is 12.2. The van der Waals surface area contributed by atoms with Crippen molar-refractivity contribution in [2.24, 2.45) is 5.92 Å². The summed E-state index contributed by atoms with van der Waals surface area (Å²) in [5, 5.41) is 11.2. The van der Waals surface area contributed by atoms with Gasteiger partial charge in [-0.15, -0.1) is 0 Å². The van der Waals surface area contributed by atoms with Crippen LogP contribution in [0.5, 0.6) is 0 Å². The van der Waals surface area contributed by atoms with E-state index in [-0.39, 0.29) is 18.4 Å². The molecule has 0 aromatic heterocycles. The van der Waals surface area contributed by atoms with Crippen molar-refractivity contribution in [3.05, 3.63) is 33.8 Å². The number of carbonyl (C=O) groups excluding carboxylic acids is 1. The second kappa shape index (κ2) is 6.75. The first-order valence-corrected chi connectivity index (χ1v) is 8.31. The molecule has 1 saturated heterocycles. The van der Waals surface area contributed by atoms with Crippen LogP contribution in [0, 0.1) is 5.92 Å². The topological polar surface area (TPSA) is 49.8 Å². The van der Waals surface area contributed by atoms with Crippen molar-refractivity contribution in [2.45, 2.75) is 31.4 Å². The number of carbonyl (C=O) groups is 1. The Balaban J connectivity index is 1.67. The molecule has 1 aliphatic carbocycles. The molecule has 1 aromatic rings. The van der Waals surface area contributed by atoms with Crippen molar-refractivity contribution in [1.82, 2.24) is 4.90 Å². The van der Waals surface area contributed by atoms with Crippen LogP contribution < -0.4 is 0 Å². The lowest BCUT2D eigenvalue weighted by Gasteiger charge is -2.36. The maximum atomic E-state index is 12.5. The third-order valence-corrected chi connectivity index (χ3v) is 4.73. The summed E-state index contributed by atoms with van der Waals surface area (Å²) in [6.07, 6.45) is 1.46. The Kier molecular flexibility index (Phi) is 4.93. The van der Waals surface area contributed by atoms with Crippen LogP contribution in [0.1, 0.15) is 30.9 Å². The Morgan fingerprint density at radius 3 is 2.64 bits per heavy atom. The van der Waals surface area contributed by atoms with E-state index in [2.05, 4.69) is 0 Å². The second-order valence-electron chi connectivity index (χ2n) is 5.99. The molecule has 4 nitrogen and oxygen atoms in total. The average molecular weight is 344 g/mol. The molecule has 2 atom stereocenters. The first kappa shape index (κ1) is 16.1. The summed E-state index contributed by atoms with van der Waals surface area (Å²) >= 11 is 11.9. The van der Waals surface area contributed by atoms with Gasteiger partial charge in [0.05, 0.1) is 31.8 Å². The van der Waals surface area contributed by atoms with Gasteiger partial charge in [-0.3, -0.25) is 4.79 Å². The maximum Gasteiger partial charge on any atom is 0.225 e. The van der Waals surface area contributed by atoms with E-state index >= 15 is 0 Å². The lowest BCUT2D eigenvalue weighted by atomic mass is 10.0. The molecule has 0 bridgehead atoms. The van der Waals surface area contributed by atoms with E-state index in [1.54, 1.807) is 18.2 Å². The van der Waals surface area contributed by atoms with E-state index in [0.717, 1.165) is 12.8 Å². The zero-order chi connectivity index (χ0) is 15.7. The van der Waals surface area contributed by atoms with E-state index in [9.17, 15) is 9.90 Å². The molecule has 1 aliphatic heterocycles. The Labute approximate surface area is 140 Å². The Morgan fingerprint density at radius 2 is 2.00 bits per heavy atom. The summed E-state index contributed by atoms with van der Waals surface area (Å²) in [6, 6.07) is 5.05. The molecule has 1 N–H and O–H groups in total. The summed E-state index contributed by atoms with van der Waals surface area (Å²) in [7, 11) is 0. The number of amides is 1. The fourth-order valence-corrected chi connectivity index (χ4v) is 3.51. The number of hydrogen-bond acceptors (Lipinski definition) is 3. The number of aliphatic hydroxyl groups excluding tert-OH is 1. The molecule has 3 rings (SSSR count). The molecule has 120 valence electrons. The number of hydrogen-bond donors (Lipinski definition) is 1. The minimum atomic E-state index is -0.897. The Bertz CT molecular complexity index is 542. The standard InChI is InChI=1S/C16H19Cl2NO3/c17-12-5-11(6-13(18)7-12)15(20)8-16(21)19-3-4-22-9-14(19)10-1-2-10/h5-7,10,14-15,20H,1-4,8-9H2. The van der Waals surface area contributed by atoms with Crippen LogP contribution in [0.3, 0.4) is 0 Å². The van der Waals surface area contributed by atoms with E-state index in [4.69, 9.17) is 27.9 Å². The van der Waals surface area contributed by atoms with Crippen molar-refractivity contribution in [3.63, 3.8) is 0 Å². The third kappa shape index (κ3) is 3.74. The molecule has 22 heavy (non-hydrogen) atoms. The molecule has 6 heteroatoms. The average Bonchev–Trinajstić information content (AvgIpc) is 3.30. The highest BCUT2D eigenvalue weighted by Crippen LogP contribution is 2.37. The highest BCUT2D eigenvalue weighted by Gasteiger charge is 2.39. The number of ether oxygens (including phenoxy) is 1. The van der Waals surface area contributed by atoms with Gasteiger partial charge in [0, 0.05) is 16.6 Å². The van der Waals surface area contributed by atoms with E-state index in [0.29, 0.717) is 41.3 Å². The zero-order valence-corrected chi connectivity index (χ0v) is 13.7. The van der Waals surface area contributed by atoms with Gasteiger partial charge in [0.15, 0.2) is 0 Å². The number of morpholine rings is 1. The summed E-state index contributed by atoms with van der Waals surface area (Å²) in [4.78, 5) is 14.4. The highest BCUT2D eigenvalue weighted by atomic mass is 35.5. The first-order chi connectivity index (χ1) is 10.5. The third-order valence-electron chi connectivity index (χ3n) is 4.29. The van der Waals surface area contributed by atoms with Gasteiger partial charge in [-0.2, -0.15) is 0 Å². The molecule has 2 fully saturated rings. The molecular formula is C16H19Cl2NO3. The van der Waals surface area contributed by atoms with Gasteiger partial charge < -0.3 is 14.7 Å². The monoisotopic (exact) mass is 343 g/mol. The van der Waals surface area contributed by atoms with Crippen molar-refractivity contribution in [1.29, 1.82) is 0 Å². The van der Waals surface area contributed by atoms with E-state index < -0.39 is 6.10 Å². The molecule has 1 heterocycles. The predicted molar refractivity (Wildman–Crippen MR) is 85.1 cm³/mol. The van der Waals surface area contributed by atoms with Gasteiger partial charge in [0.1, 0.15) is 0 Å². The molecule has 2 unspecified atom stereocenters. The fraction of sp³-hybridized carbons (Fsp3) is 0.562. The van der Waals surface area contributed by atoms with Gasteiger partial charge in [0.25, 0.3) is 0 Å². The minimum absolute atomic E-state index is 0.0382. The van der Waals surface area contributed by atoms with Gasteiger partial charge in [-0.05, 0) is 42.5 Å². The molecule has 1 saturated carbocycles. The van der Waals surface area contributed by atoms with Crippen molar-refractivity contribution >= 4 is 29.1 Å². The van der Waals surface area contributed by atoms with Crippen LogP contribution in [0.2, 0.25) is 10.0 Å². The minimum Gasteiger partial charge on any atom is -0.388 e. The fourth-order valence-electron chi connectivity index (χ4n) is 2.97.